The van der Waals surface area contributed by atoms with E-state index in [0.717, 1.165) is 11.1 Å². The highest BCUT2D eigenvalue weighted by molar-refractivity contribution is 7.89. The van der Waals surface area contributed by atoms with Crippen molar-refractivity contribution in [2.45, 2.75) is 37.5 Å². The molecule has 0 aliphatic carbocycles. The highest BCUT2D eigenvalue weighted by Crippen LogP contribution is 2.34. The van der Waals surface area contributed by atoms with Crippen molar-refractivity contribution in [1.82, 2.24) is 14.5 Å². The summed E-state index contributed by atoms with van der Waals surface area (Å²) in [6.45, 7) is 4.00. The van der Waals surface area contributed by atoms with Crippen molar-refractivity contribution in [2.24, 2.45) is 0 Å². The van der Waals surface area contributed by atoms with Gasteiger partial charge in [0, 0.05) is 31.5 Å². The fraction of sp³-hybridized carbons (Fsp3) is 0.348. The minimum atomic E-state index is -3.73. The molecule has 0 unspecified atom stereocenters. The summed E-state index contributed by atoms with van der Waals surface area (Å²) in [6.07, 6.45) is 1.15. The molecule has 0 atom stereocenters. The Bertz CT molecular complexity index is 1260. The molecular formula is C23H26N4O5S. The average molecular weight is 471 g/mol. The van der Waals surface area contributed by atoms with Gasteiger partial charge < -0.3 is 14.5 Å². The molecule has 0 radical (unpaired) electrons. The van der Waals surface area contributed by atoms with Crippen LogP contribution in [-0.4, -0.2) is 49.0 Å². The van der Waals surface area contributed by atoms with Gasteiger partial charge >= 0.3 is 0 Å². The summed E-state index contributed by atoms with van der Waals surface area (Å²) in [5.41, 5.74) is 2.26. The number of methoxy groups -OCH3 is 1. The van der Waals surface area contributed by atoms with Crippen molar-refractivity contribution in [3.05, 3.63) is 53.9 Å². The van der Waals surface area contributed by atoms with Crippen LogP contribution in [0.2, 0.25) is 0 Å². The highest BCUT2D eigenvalue weighted by atomic mass is 32.2. The number of nitrogens with zero attached hydrogens (tertiary/aromatic N) is 3. The molecule has 10 heteroatoms. The van der Waals surface area contributed by atoms with Gasteiger partial charge in [0.1, 0.15) is 5.75 Å². The molecule has 1 saturated heterocycles. The second-order valence-corrected chi connectivity index (χ2v) is 9.92. The van der Waals surface area contributed by atoms with E-state index in [4.69, 9.17) is 9.15 Å². The first-order valence-corrected chi connectivity index (χ1v) is 12.1. The molecule has 1 fully saturated rings. The van der Waals surface area contributed by atoms with E-state index in [9.17, 15) is 13.2 Å². The second kappa shape index (κ2) is 9.32. The lowest BCUT2D eigenvalue weighted by Gasteiger charge is -2.29. The summed E-state index contributed by atoms with van der Waals surface area (Å²) in [7, 11) is -2.27. The second-order valence-electron chi connectivity index (χ2n) is 7.98. The summed E-state index contributed by atoms with van der Waals surface area (Å²) in [5.74, 6) is 1.08. The van der Waals surface area contributed by atoms with Crippen LogP contribution in [0.3, 0.4) is 0 Å². The predicted octanol–water partition coefficient (Wildman–Crippen LogP) is 3.58. The number of aromatic nitrogens is 2. The summed E-state index contributed by atoms with van der Waals surface area (Å²) in [5, 5.41) is 11.0. The Hall–Kier alpha value is -3.24. The molecule has 1 aliphatic heterocycles. The number of ether oxygens (including phenoxy) is 1. The summed E-state index contributed by atoms with van der Waals surface area (Å²) in [4.78, 5) is 11.6. The third-order valence-electron chi connectivity index (χ3n) is 5.74. The van der Waals surface area contributed by atoms with E-state index in [-0.39, 0.29) is 16.7 Å². The van der Waals surface area contributed by atoms with E-state index in [1.807, 2.05) is 31.2 Å². The Labute approximate surface area is 192 Å². The van der Waals surface area contributed by atoms with Crippen molar-refractivity contribution in [2.75, 3.05) is 25.5 Å². The lowest BCUT2D eigenvalue weighted by molar-refractivity contribution is -0.114. The van der Waals surface area contributed by atoms with Gasteiger partial charge in [-0.1, -0.05) is 18.2 Å². The van der Waals surface area contributed by atoms with Crippen LogP contribution in [0.25, 0.3) is 11.5 Å². The smallest absolute Gasteiger partial charge is 0.248 e. The van der Waals surface area contributed by atoms with E-state index in [2.05, 4.69) is 15.5 Å². The molecule has 9 nitrogen and oxygen atoms in total. The zero-order valence-electron chi connectivity index (χ0n) is 18.7. The van der Waals surface area contributed by atoms with Crippen LogP contribution in [0.4, 0.5) is 5.69 Å². The van der Waals surface area contributed by atoms with E-state index in [1.165, 1.54) is 36.5 Å². The Morgan fingerprint density at radius 3 is 2.55 bits per heavy atom. The SMILES string of the molecule is COc1ccc(S(=O)(=O)N2CCC(c3nnc(-c4ccccc4C)o3)CC2)cc1NC(C)=O. The first kappa shape index (κ1) is 22.9. The number of carbonyl (C=O) groups excluding carboxylic acids is 1. The topological polar surface area (TPSA) is 115 Å². The standard InChI is InChI=1S/C23H26N4O5S/c1-15-6-4-5-7-19(15)23-26-25-22(32-23)17-10-12-27(13-11-17)33(29,30)18-8-9-21(31-3)20(14-18)24-16(2)28/h4-9,14,17H,10-13H2,1-3H3,(H,24,28). The molecule has 0 spiro atoms. The summed E-state index contributed by atoms with van der Waals surface area (Å²) in [6, 6.07) is 12.2. The zero-order valence-corrected chi connectivity index (χ0v) is 19.6. The minimum Gasteiger partial charge on any atom is -0.495 e. The number of anilines is 1. The molecule has 1 aliphatic rings. The van der Waals surface area contributed by atoms with Crippen LogP contribution in [0.1, 0.15) is 37.1 Å². The Morgan fingerprint density at radius 2 is 1.88 bits per heavy atom. The van der Waals surface area contributed by atoms with E-state index in [0.29, 0.717) is 49.1 Å². The van der Waals surface area contributed by atoms with Crippen LogP contribution in [0, 0.1) is 6.92 Å². The molecule has 174 valence electrons. The van der Waals surface area contributed by atoms with Gasteiger partial charge in [0.2, 0.25) is 27.7 Å². The summed E-state index contributed by atoms with van der Waals surface area (Å²) >= 11 is 0. The van der Waals surface area contributed by atoms with Crippen LogP contribution in [0.5, 0.6) is 5.75 Å². The molecule has 3 aromatic rings. The van der Waals surface area contributed by atoms with Crippen molar-refractivity contribution >= 4 is 21.6 Å². The molecule has 33 heavy (non-hydrogen) atoms. The molecule has 1 aromatic heterocycles. The van der Waals surface area contributed by atoms with Gasteiger partial charge in [-0.3, -0.25) is 4.79 Å². The number of sulfonamides is 1. The van der Waals surface area contributed by atoms with Gasteiger partial charge in [-0.05, 0) is 49.6 Å². The quantitative estimate of drug-likeness (QED) is 0.585. The number of benzene rings is 2. The minimum absolute atomic E-state index is 0.00692. The van der Waals surface area contributed by atoms with Gasteiger partial charge in [-0.25, -0.2) is 8.42 Å². The fourth-order valence-electron chi connectivity index (χ4n) is 3.95. The lowest BCUT2D eigenvalue weighted by atomic mass is 9.98. The van der Waals surface area contributed by atoms with Crippen molar-refractivity contribution in [3.63, 3.8) is 0 Å². The molecular weight excluding hydrogens is 444 g/mol. The van der Waals surface area contributed by atoms with Crippen molar-refractivity contribution < 1.29 is 22.4 Å². The number of piperidine rings is 1. The number of rotatable bonds is 6. The van der Waals surface area contributed by atoms with Gasteiger partial charge in [0.15, 0.2) is 0 Å². The maximum absolute atomic E-state index is 13.2. The number of hydrogen-bond donors (Lipinski definition) is 1. The van der Waals surface area contributed by atoms with Crippen LogP contribution < -0.4 is 10.1 Å². The maximum atomic E-state index is 13.2. The van der Waals surface area contributed by atoms with E-state index < -0.39 is 10.0 Å². The molecule has 4 rings (SSSR count). The maximum Gasteiger partial charge on any atom is 0.248 e. The fourth-order valence-corrected chi connectivity index (χ4v) is 5.44. The molecule has 1 N–H and O–H groups in total. The van der Waals surface area contributed by atoms with Gasteiger partial charge in [-0.15, -0.1) is 10.2 Å². The number of carbonyl (C=O) groups is 1. The molecule has 1 amide bonds. The molecule has 2 aromatic carbocycles. The number of hydrogen-bond acceptors (Lipinski definition) is 7. The molecule has 0 bridgehead atoms. The largest absolute Gasteiger partial charge is 0.495 e. The lowest BCUT2D eigenvalue weighted by Crippen LogP contribution is -2.38. The van der Waals surface area contributed by atoms with Gasteiger partial charge in [0.25, 0.3) is 0 Å². The Kier molecular flexibility index (Phi) is 6.48. The summed E-state index contributed by atoms with van der Waals surface area (Å²) < 4.78 is 39.0. The van der Waals surface area contributed by atoms with E-state index in [1.54, 1.807) is 0 Å². The van der Waals surface area contributed by atoms with Crippen molar-refractivity contribution in [1.29, 1.82) is 0 Å². The Morgan fingerprint density at radius 1 is 1.15 bits per heavy atom. The Balaban J connectivity index is 1.48. The molecule has 0 saturated carbocycles. The predicted molar refractivity (Wildman–Crippen MR) is 123 cm³/mol. The third kappa shape index (κ3) is 4.76. The van der Waals surface area contributed by atoms with Crippen molar-refractivity contribution in [3.8, 4) is 17.2 Å². The van der Waals surface area contributed by atoms with Crippen LogP contribution >= 0.6 is 0 Å². The number of amides is 1. The normalized spacial score (nSPS) is 15.4. The molecule has 2 heterocycles. The van der Waals surface area contributed by atoms with E-state index >= 15 is 0 Å². The zero-order chi connectivity index (χ0) is 23.6. The average Bonchev–Trinajstić information content (AvgIpc) is 3.29. The van der Waals surface area contributed by atoms with Crippen LogP contribution in [0.15, 0.2) is 51.8 Å². The first-order chi connectivity index (χ1) is 15.8. The van der Waals surface area contributed by atoms with Gasteiger partial charge in [0.05, 0.1) is 17.7 Å². The first-order valence-electron chi connectivity index (χ1n) is 10.6. The van der Waals surface area contributed by atoms with Crippen LogP contribution in [-0.2, 0) is 14.8 Å². The number of nitrogens with one attached hydrogen (secondary N) is 1. The number of aryl methyl sites for hydroxylation is 1. The highest BCUT2D eigenvalue weighted by Gasteiger charge is 2.32. The third-order valence-corrected chi connectivity index (χ3v) is 7.63. The van der Waals surface area contributed by atoms with Gasteiger partial charge in [-0.2, -0.15) is 4.31 Å². The monoisotopic (exact) mass is 470 g/mol.